The predicted octanol–water partition coefficient (Wildman–Crippen LogP) is 2.22. The van der Waals surface area contributed by atoms with Crippen LogP contribution in [0.4, 0.5) is 11.4 Å². The maximum Gasteiger partial charge on any atom is 0.268 e. The molecule has 8 heteroatoms. The van der Waals surface area contributed by atoms with Gasteiger partial charge >= 0.3 is 0 Å². The van der Waals surface area contributed by atoms with Crippen molar-refractivity contribution in [2.24, 2.45) is 0 Å². The van der Waals surface area contributed by atoms with Gasteiger partial charge in [-0.1, -0.05) is 18.2 Å². The van der Waals surface area contributed by atoms with Crippen LogP contribution in [0.1, 0.15) is 27.6 Å². The molecule has 2 heterocycles. The van der Waals surface area contributed by atoms with Crippen LogP contribution in [0.15, 0.2) is 55.1 Å². The van der Waals surface area contributed by atoms with Crippen LogP contribution in [0.3, 0.4) is 0 Å². The lowest BCUT2D eigenvalue weighted by Crippen LogP contribution is -2.44. The average molecular weight is 405 g/mol. The number of hydrogen-bond acceptors (Lipinski definition) is 5. The minimum Gasteiger partial charge on any atom is -0.479 e. The van der Waals surface area contributed by atoms with Gasteiger partial charge in [-0.15, -0.1) is 6.58 Å². The molecule has 0 spiro atoms. The molecule has 1 N–H and O–H groups in total. The number of anilines is 2. The Balaban J connectivity index is 1.49. The van der Waals surface area contributed by atoms with Crippen LogP contribution < -0.4 is 15.0 Å². The van der Waals surface area contributed by atoms with E-state index >= 15 is 0 Å². The van der Waals surface area contributed by atoms with Crippen molar-refractivity contribution in [3.05, 3.63) is 66.2 Å². The van der Waals surface area contributed by atoms with E-state index in [1.807, 2.05) is 0 Å². The van der Waals surface area contributed by atoms with E-state index in [1.165, 1.54) is 0 Å². The molecule has 0 fully saturated rings. The largest absolute Gasteiger partial charge is 0.479 e. The summed E-state index contributed by atoms with van der Waals surface area (Å²) in [5.41, 5.74) is 1.59. The number of fused-ring (bicyclic) bond motifs is 2. The summed E-state index contributed by atoms with van der Waals surface area (Å²) >= 11 is 0. The summed E-state index contributed by atoms with van der Waals surface area (Å²) < 4.78 is 5.66. The van der Waals surface area contributed by atoms with E-state index in [2.05, 4.69) is 11.9 Å². The number of imide groups is 1. The van der Waals surface area contributed by atoms with Crippen molar-refractivity contribution in [2.75, 3.05) is 23.3 Å². The van der Waals surface area contributed by atoms with Crippen molar-refractivity contribution in [1.29, 1.82) is 0 Å². The van der Waals surface area contributed by atoms with Gasteiger partial charge in [-0.25, -0.2) is 0 Å². The molecule has 1 unspecified atom stereocenters. The van der Waals surface area contributed by atoms with Gasteiger partial charge in [0.1, 0.15) is 12.3 Å². The number of rotatable bonds is 5. The highest BCUT2D eigenvalue weighted by Crippen LogP contribution is 2.36. The fourth-order valence-corrected chi connectivity index (χ4v) is 3.53. The van der Waals surface area contributed by atoms with Gasteiger partial charge < -0.3 is 15.0 Å². The van der Waals surface area contributed by atoms with Crippen molar-refractivity contribution < 1.29 is 23.9 Å². The monoisotopic (exact) mass is 405 g/mol. The first-order valence-corrected chi connectivity index (χ1v) is 9.38. The molecular formula is C22H19N3O5. The fourth-order valence-electron chi connectivity index (χ4n) is 3.53. The fraction of sp³-hybridized carbons (Fsp3) is 0.182. The van der Waals surface area contributed by atoms with E-state index in [0.29, 0.717) is 34.8 Å². The molecule has 2 aliphatic rings. The Labute approximate surface area is 172 Å². The molecular weight excluding hydrogens is 386 g/mol. The summed E-state index contributed by atoms with van der Waals surface area (Å²) in [4.78, 5) is 52.1. The van der Waals surface area contributed by atoms with Crippen molar-refractivity contribution in [1.82, 2.24) is 4.90 Å². The zero-order valence-corrected chi connectivity index (χ0v) is 16.3. The molecule has 2 aliphatic heterocycles. The molecule has 0 aliphatic carbocycles. The zero-order chi connectivity index (χ0) is 21.4. The predicted molar refractivity (Wildman–Crippen MR) is 110 cm³/mol. The average Bonchev–Trinajstić information content (AvgIpc) is 2.96. The van der Waals surface area contributed by atoms with Crippen LogP contribution in [-0.2, 0) is 9.59 Å². The number of carbonyl (C=O) groups excluding carboxylic acids is 4. The second-order valence-electron chi connectivity index (χ2n) is 6.97. The van der Waals surface area contributed by atoms with Gasteiger partial charge in [-0.05, 0) is 31.2 Å². The first kappa shape index (κ1) is 19.4. The van der Waals surface area contributed by atoms with Crippen LogP contribution in [0.25, 0.3) is 0 Å². The summed E-state index contributed by atoms with van der Waals surface area (Å²) in [7, 11) is 0. The number of hydrogen-bond donors (Lipinski definition) is 1. The molecule has 0 saturated carbocycles. The lowest BCUT2D eigenvalue weighted by Gasteiger charge is -2.32. The molecule has 4 rings (SSSR count). The highest BCUT2D eigenvalue weighted by Gasteiger charge is 2.36. The molecule has 2 aromatic carbocycles. The van der Waals surface area contributed by atoms with E-state index in [-0.39, 0.29) is 5.91 Å². The third-order valence-electron chi connectivity index (χ3n) is 4.94. The van der Waals surface area contributed by atoms with Crippen molar-refractivity contribution in [3.63, 3.8) is 0 Å². The highest BCUT2D eigenvalue weighted by molar-refractivity contribution is 6.22. The Bertz CT molecular complexity index is 1060. The third kappa shape index (κ3) is 3.22. The number of nitrogens with one attached hydrogen (secondary N) is 1. The highest BCUT2D eigenvalue weighted by atomic mass is 16.5. The Morgan fingerprint density at radius 2 is 1.77 bits per heavy atom. The van der Waals surface area contributed by atoms with E-state index in [1.54, 1.807) is 60.4 Å². The Hall–Kier alpha value is -3.94. The molecule has 1 atom stereocenters. The van der Waals surface area contributed by atoms with Crippen LogP contribution in [-0.4, -0.2) is 47.7 Å². The number of ether oxygens (including phenoxy) is 1. The van der Waals surface area contributed by atoms with Gasteiger partial charge in [0.2, 0.25) is 5.91 Å². The Kier molecular flexibility index (Phi) is 4.83. The summed E-state index contributed by atoms with van der Waals surface area (Å²) in [5, 5.41) is 2.67. The molecule has 30 heavy (non-hydrogen) atoms. The quantitative estimate of drug-likeness (QED) is 0.608. The molecule has 0 aromatic heterocycles. The Morgan fingerprint density at radius 1 is 1.10 bits per heavy atom. The van der Waals surface area contributed by atoms with Crippen LogP contribution in [0.5, 0.6) is 5.75 Å². The topological polar surface area (TPSA) is 96.0 Å². The minimum absolute atomic E-state index is 0.176. The van der Waals surface area contributed by atoms with E-state index in [4.69, 9.17) is 4.74 Å². The lowest BCUT2D eigenvalue weighted by atomic mass is 10.1. The van der Waals surface area contributed by atoms with Crippen LogP contribution >= 0.6 is 0 Å². The molecule has 4 amide bonds. The van der Waals surface area contributed by atoms with Gasteiger partial charge in [0.05, 0.1) is 16.8 Å². The van der Waals surface area contributed by atoms with Crippen molar-refractivity contribution in [3.8, 4) is 5.75 Å². The van der Waals surface area contributed by atoms with Gasteiger partial charge in [0.15, 0.2) is 6.10 Å². The summed E-state index contributed by atoms with van der Waals surface area (Å²) in [6, 6.07) is 11.4. The number of carbonyl (C=O) groups is 4. The third-order valence-corrected chi connectivity index (χ3v) is 4.94. The molecule has 0 saturated heterocycles. The maximum atomic E-state index is 12.5. The molecule has 2 aromatic rings. The van der Waals surface area contributed by atoms with Crippen molar-refractivity contribution in [2.45, 2.75) is 13.0 Å². The summed E-state index contributed by atoms with van der Waals surface area (Å²) in [5.74, 6) is -1.24. The maximum absolute atomic E-state index is 12.5. The summed E-state index contributed by atoms with van der Waals surface area (Å²) in [6.07, 6.45) is 0.957. The van der Waals surface area contributed by atoms with E-state index in [0.717, 1.165) is 4.90 Å². The van der Waals surface area contributed by atoms with Gasteiger partial charge in [0.25, 0.3) is 17.7 Å². The normalized spacial score (nSPS) is 17.4. The molecule has 152 valence electrons. The first-order valence-electron chi connectivity index (χ1n) is 9.38. The van der Waals surface area contributed by atoms with Crippen LogP contribution in [0, 0.1) is 0 Å². The van der Waals surface area contributed by atoms with E-state index in [9.17, 15) is 19.2 Å². The Morgan fingerprint density at radius 3 is 2.40 bits per heavy atom. The van der Waals surface area contributed by atoms with Gasteiger partial charge in [-0.3, -0.25) is 24.1 Å². The number of nitrogens with zero attached hydrogens (tertiary/aromatic N) is 2. The zero-order valence-electron chi connectivity index (χ0n) is 16.3. The number of benzene rings is 2. The van der Waals surface area contributed by atoms with Gasteiger partial charge in [0, 0.05) is 18.3 Å². The first-order chi connectivity index (χ1) is 14.4. The smallest absolute Gasteiger partial charge is 0.268 e. The molecule has 0 radical (unpaired) electrons. The summed E-state index contributed by atoms with van der Waals surface area (Å²) in [6.45, 7) is 5.25. The lowest BCUT2D eigenvalue weighted by molar-refractivity contribution is -0.125. The van der Waals surface area contributed by atoms with Crippen molar-refractivity contribution >= 4 is 35.0 Å². The molecule has 8 nitrogen and oxygen atoms in total. The minimum atomic E-state index is -0.665. The SMILES string of the molecule is C=CCN1C(=O)C(C)Oc2cc(NC(=O)CN3C(=O)c4ccccc4C3=O)ccc21. The van der Waals surface area contributed by atoms with Gasteiger partial charge in [-0.2, -0.15) is 0 Å². The van der Waals surface area contributed by atoms with Crippen LogP contribution in [0.2, 0.25) is 0 Å². The second-order valence-corrected chi connectivity index (χ2v) is 6.97. The van der Waals surface area contributed by atoms with E-state index < -0.39 is 30.4 Å². The second kappa shape index (κ2) is 7.47. The number of amides is 4. The molecule has 0 bridgehead atoms. The standard InChI is InChI=1S/C22H19N3O5/c1-3-10-24-17-9-8-14(11-18(17)30-13(2)20(24)27)23-19(26)12-25-21(28)15-6-4-5-7-16(15)22(25)29/h3-9,11,13H,1,10,12H2,2H3,(H,23,26).